The van der Waals surface area contributed by atoms with Gasteiger partial charge in [0, 0.05) is 43.3 Å². The maximum atomic E-state index is 12.9. The van der Waals surface area contributed by atoms with E-state index < -0.39 is 0 Å². The number of carbonyl (C=O) groups is 2. The van der Waals surface area contributed by atoms with Gasteiger partial charge in [0.25, 0.3) is 0 Å². The Morgan fingerprint density at radius 2 is 1.83 bits per heavy atom. The van der Waals surface area contributed by atoms with Crippen molar-refractivity contribution in [3.05, 3.63) is 41.5 Å². The van der Waals surface area contributed by atoms with E-state index >= 15 is 0 Å². The summed E-state index contributed by atoms with van der Waals surface area (Å²) < 4.78 is 4.71. The molecule has 0 unspecified atom stereocenters. The van der Waals surface area contributed by atoms with Gasteiger partial charge in [-0.3, -0.25) is 15.0 Å². The second kappa shape index (κ2) is 10.3. The van der Waals surface area contributed by atoms with E-state index in [1.807, 2.05) is 35.2 Å². The summed E-state index contributed by atoms with van der Waals surface area (Å²) in [5, 5.41) is 7.47. The smallest absolute Gasteiger partial charge is 0.309 e. The number of piperidine rings is 1. The number of amides is 1. The van der Waals surface area contributed by atoms with Crippen LogP contribution in [-0.4, -0.2) is 55.9 Å². The van der Waals surface area contributed by atoms with Gasteiger partial charge in [0.15, 0.2) is 0 Å². The summed E-state index contributed by atoms with van der Waals surface area (Å²) in [6, 6.07) is 7.69. The highest BCUT2D eigenvalue weighted by atomic mass is 35.5. The van der Waals surface area contributed by atoms with Gasteiger partial charge in [-0.05, 0) is 43.5 Å². The number of nitrogen functional groups attached to an aromatic ring is 1. The fraction of sp³-hybridized carbons (Fsp3) is 0.476. The number of rotatable bonds is 5. The number of amidine groups is 1. The number of nitrogens with two attached hydrogens (primary N) is 1. The molecule has 1 aromatic rings. The Labute approximate surface area is 177 Å². The van der Waals surface area contributed by atoms with Crippen LogP contribution < -0.4 is 10.6 Å². The van der Waals surface area contributed by atoms with Crippen LogP contribution in [0.25, 0.3) is 0 Å². The molecule has 2 aliphatic heterocycles. The SMILES string of the molecule is COC(=O)CC1=CCN(C(=O)C2CCN(c3ccc(C(=N)N)cc3)CC2)CC1.Cl. The lowest BCUT2D eigenvalue weighted by atomic mass is 9.93. The molecule has 1 fully saturated rings. The highest BCUT2D eigenvalue weighted by molar-refractivity contribution is 5.95. The Morgan fingerprint density at radius 1 is 1.17 bits per heavy atom. The standard InChI is InChI=1S/C21H28N4O3.ClH/c1-28-19(26)14-15-6-10-25(11-7-15)21(27)17-8-12-24(13-9-17)18-4-2-16(3-5-18)20(22)23;/h2-6,17H,7-14H2,1H3,(H3,22,23);1H. The number of hydrogen-bond donors (Lipinski definition) is 2. The summed E-state index contributed by atoms with van der Waals surface area (Å²) in [5.74, 6) is 0.124. The van der Waals surface area contributed by atoms with Crippen molar-refractivity contribution < 1.29 is 14.3 Å². The maximum Gasteiger partial charge on any atom is 0.309 e. The molecule has 3 N–H and O–H groups in total. The van der Waals surface area contributed by atoms with Crippen molar-refractivity contribution >= 4 is 35.8 Å². The summed E-state index contributed by atoms with van der Waals surface area (Å²) in [7, 11) is 1.39. The fourth-order valence-corrected chi connectivity index (χ4v) is 3.82. The van der Waals surface area contributed by atoms with Gasteiger partial charge in [-0.15, -0.1) is 12.4 Å². The van der Waals surface area contributed by atoms with Gasteiger partial charge in [0.1, 0.15) is 5.84 Å². The van der Waals surface area contributed by atoms with Crippen molar-refractivity contribution in [3.8, 4) is 0 Å². The number of ether oxygens (including phenoxy) is 1. The Hall–Kier alpha value is -2.54. The zero-order valence-electron chi connectivity index (χ0n) is 16.7. The molecule has 8 heteroatoms. The predicted molar refractivity (Wildman–Crippen MR) is 116 cm³/mol. The molecule has 3 rings (SSSR count). The third-order valence-electron chi connectivity index (χ3n) is 5.60. The van der Waals surface area contributed by atoms with Gasteiger partial charge in [0.05, 0.1) is 13.5 Å². The van der Waals surface area contributed by atoms with Crippen LogP contribution in [0.5, 0.6) is 0 Å². The Balaban J connectivity index is 0.00000300. The van der Waals surface area contributed by atoms with Crippen molar-refractivity contribution in [2.75, 3.05) is 38.2 Å². The summed E-state index contributed by atoms with van der Waals surface area (Å²) in [6.45, 7) is 2.94. The van der Waals surface area contributed by atoms with E-state index in [1.165, 1.54) is 7.11 Å². The van der Waals surface area contributed by atoms with Crippen molar-refractivity contribution in [1.29, 1.82) is 5.41 Å². The summed E-state index contributed by atoms with van der Waals surface area (Å²) >= 11 is 0. The minimum Gasteiger partial charge on any atom is -0.469 e. The highest BCUT2D eigenvalue weighted by Crippen LogP contribution is 2.26. The number of carbonyl (C=O) groups excluding carboxylic acids is 2. The molecule has 0 saturated carbocycles. The third kappa shape index (κ3) is 5.73. The van der Waals surface area contributed by atoms with Gasteiger partial charge in [-0.25, -0.2) is 0 Å². The Bertz CT molecular complexity index is 771. The zero-order valence-corrected chi connectivity index (χ0v) is 17.5. The molecule has 1 saturated heterocycles. The molecule has 0 bridgehead atoms. The Kier molecular flexibility index (Phi) is 8.08. The Morgan fingerprint density at radius 3 is 2.34 bits per heavy atom. The predicted octanol–water partition coefficient (Wildman–Crippen LogP) is 2.33. The quantitative estimate of drug-likeness (QED) is 0.329. The third-order valence-corrected chi connectivity index (χ3v) is 5.60. The largest absolute Gasteiger partial charge is 0.469 e. The second-order valence-electron chi connectivity index (χ2n) is 7.37. The van der Waals surface area contributed by atoms with E-state index in [2.05, 4.69) is 4.90 Å². The summed E-state index contributed by atoms with van der Waals surface area (Å²) in [4.78, 5) is 28.4. The first-order valence-corrected chi connectivity index (χ1v) is 9.71. The lowest BCUT2D eigenvalue weighted by molar-refractivity contribution is -0.139. The fourth-order valence-electron chi connectivity index (χ4n) is 3.82. The summed E-state index contributed by atoms with van der Waals surface area (Å²) in [6.07, 6.45) is 4.72. The molecule has 158 valence electrons. The van der Waals surface area contributed by atoms with Crippen molar-refractivity contribution in [2.24, 2.45) is 11.7 Å². The minimum atomic E-state index is -0.227. The highest BCUT2D eigenvalue weighted by Gasteiger charge is 2.29. The van der Waals surface area contributed by atoms with Gasteiger partial charge in [-0.2, -0.15) is 0 Å². The molecule has 1 amide bonds. The van der Waals surface area contributed by atoms with E-state index in [4.69, 9.17) is 15.9 Å². The molecule has 0 aromatic heterocycles. The second-order valence-corrected chi connectivity index (χ2v) is 7.37. The number of esters is 1. The lowest BCUT2D eigenvalue weighted by Crippen LogP contribution is -2.44. The number of halogens is 1. The van der Waals surface area contributed by atoms with Crippen LogP contribution in [0.4, 0.5) is 5.69 Å². The van der Waals surface area contributed by atoms with Crippen molar-refractivity contribution in [1.82, 2.24) is 4.90 Å². The molecule has 7 nitrogen and oxygen atoms in total. The first kappa shape index (κ1) is 22.7. The van der Waals surface area contributed by atoms with E-state index in [1.54, 1.807) is 0 Å². The van der Waals surface area contributed by atoms with E-state index in [0.717, 1.165) is 49.2 Å². The van der Waals surface area contributed by atoms with Crippen LogP contribution in [0, 0.1) is 11.3 Å². The topological polar surface area (TPSA) is 99.7 Å². The monoisotopic (exact) mass is 420 g/mol. The number of nitrogens with one attached hydrogen (secondary N) is 1. The van der Waals surface area contributed by atoms with Crippen LogP contribution in [-0.2, 0) is 14.3 Å². The van der Waals surface area contributed by atoms with Crippen LogP contribution >= 0.6 is 12.4 Å². The van der Waals surface area contributed by atoms with Gasteiger partial charge in [0.2, 0.25) is 5.91 Å². The molecule has 0 radical (unpaired) electrons. The van der Waals surface area contributed by atoms with Crippen molar-refractivity contribution in [2.45, 2.75) is 25.7 Å². The van der Waals surface area contributed by atoms with E-state index in [9.17, 15) is 9.59 Å². The molecule has 2 aliphatic rings. The molecular formula is C21H29ClN4O3. The molecule has 0 aliphatic carbocycles. The average Bonchev–Trinajstić information content (AvgIpc) is 2.74. The zero-order chi connectivity index (χ0) is 20.1. The normalized spacial score (nSPS) is 17.2. The van der Waals surface area contributed by atoms with Crippen molar-refractivity contribution in [3.63, 3.8) is 0 Å². The number of nitrogens with zero attached hydrogens (tertiary/aromatic N) is 2. The molecule has 0 spiro atoms. The van der Waals surface area contributed by atoms with Gasteiger partial charge in [-0.1, -0.05) is 11.6 Å². The van der Waals surface area contributed by atoms with Gasteiger partial charge < -0.3 is 20.3 Å². The molecular weight excluding hydrogens is 392 g/mol. The number of methoxy groups -OCH3 is 1. The van der Waals surface area contributed by atoms with Crippen LogP contribution in [0.2, 0.25) is 0 Å². The lowest BCUT2D eigenvalue weighted by Gasteiger charge is -2.36. The van der Waals surface area contributed by atoms with Crippen LogP contribution in [0.1, 0.15) is 31.2 Å². The van der Waals surface area contributed by atoms with E-state index in [0.29, 0.717) is 19.5 Å². The number of hydrogen-bond acceptors (Lipinski definition) is 5. The summed E-state index contributed by atoms with van der Waals surface area (Å²) in [5.41, 5.74) is 8.38. The van der Waals surface area contributed by atoms with Crippen LogP contribution in [0.15, 0.2) is 35.9 Å². The molecule has 2 heterocycles. The first-order chi connectivity index (χ1) is 13.5. The molecule has 1 aromatic carbocycles. The molecule has 29 heavy (non-hydrogen) atoms. The number of anilines is 1. The van der Waals surface area contributed by atoms with E-state index in [-0.39, 0.29) is 36.0 Å². The first-order valence-electron chi connectivity index (χ1n) is 9.71. The average molecular weight is 421 g/mol. The van der Waals surface area contributed by atoms with Gasteiger partial charge >= 0.3 is 5.97 Å². The maximum absolute atomic E-state index is 12.9. The number of benzene rings is 1. The minimum absolute atomic E-state index is 0. The molecule has 0 atom stereocenters. The van der Waals surface area contributed by atoms with Crippen LogP contribution in [0.3, 0.4) is 0 Å².